The lowest BCUT2D eigenvalue weighted by Gasteiger charge is -2.14. The molecule has 0 saturated heterocycles. The highest BCUT2D eigenvalue weighted by Crippen LogP contribution is 2.35. The molecule has 1 aliphatic carbocycles. The molecular weight excluding hydrogens is 316 g/mol. The van der Waals surface area contributed by atoms with Gasteiger partial charge < -0.3 is 15.2 Å². The van der Waals surface area contributed by atoms with Crippen molar-refractivity contribution in [2.75, 3.05) is 20.3 Å². The number of aromatic nitrogens is 1. The maximum absolute atomic E-state index is 9.32. The van der Waals surface area contributed by atoms with Crippen molar-refractivity contribution in [3.8, 4) is 5.88 Å². The number of aliphatic hydroxyl groups excluding tert-OH is 1. The van der Waals surface area contributed by atoms with Gasteiger partial charge in [0.1, 0.15) is 0 Å². The minimum atomic E-state index is 0.274. The molecule has 1 atom stereocenters. The molecule has 1 aromatic rings. The van der Waals surface area contributed by atoms with Gasteiger partial charge in [-0.3, -0.25) is 0 Å². The average Bonchev–Trinajstić information content (AvgIpc) is 3.13. The highest BCUT2D eigenvalue weighted by molar-refractivity contribution is 9.10. The number of nitrogens with zero attached hydrogens (tertiary/aromatic N) is 1. The van der Waals surface area contributed by atoms with Crippen LogP contribution in [0.5, 0.6) is 5.88 Å². The lowest BCUT2D eigenvalue weighted by molar-refractivity contribution is 0.209. The van der Waals surface area contributed by atoms with Crippen LogP contribution in [0.4, 0.5) is 0 Å². The van der Waals surface area contributed by atoms with Gasteiger partial charge in [0.2, 0.25) is 5.88 Å². The van der Waals surface area contributed by atoms with Crippen molar-refractivity contribution < 1.29 is 9.84 Å². The van der Waals surface area contributed by atoms with E-state index in [4.69, 9.17) is 4.74 Å². The molecule has 2 rings (SSSR count). The quantitative estimate of drug-likeness (QED) is 0.766. The summed E-state index contributed by atoms with van der Waals surface area (Å²) in [4.78, 5) is 1.13. The van der Waals surface area contributed by atoms with Crippen LogP contribution in [-0.4, -0.2) is 29.7 Å². The molecule has 2 N–H and O–H groups in total. The van der Waals surface area contributed by atoms with Crippen molar-refractivity contribution in [2.45, 2.75) is 25.8 Å². The first-order valence-electron chi connectivity index (χ1n) is 6.24. The van der Waals surface area contributed by atoms with E-state index < -0.39 is 0 Å². The Balaban J connectivity index is 1.74. The Hall–Kier alpha value is -0.170. The van der Waals surface area contributed by atoms with Gasteiger partial charge in [-0.1, -0.05) is 12.8 Å². The standard InChI is InChI=1S/C12H19BrN2O2S/c1-17-12-11(13)10(18-15-12)6-14-5-9(7-16)4-8-2-3-8/h8-9,14,16H,2-7H2,1H3. The van der Waals surface area contributed by atoms with E-state index in [0.29, 0.717) is 11.8 Å². The van der Waals surface area contributed by atoms with Crippen LogP contribution in [0.25, 0.3) is 0 Å². The van der Waals surface area contributed by atoms with Crippen LogP contribution < -0.4 is 10.1 Å². The summed E-state index contributed by atoms with van der Waals surface area (Å²) in [6, 6.07) is 0. The number of rotatable bonds is 8. The highest BCUT2D eigenvalue weighted by atomic mass is 79.9. The van der Waals surface area contributed by atoms with E-state index in [0.717, 1.165) is 34.8 Å². The number of methoxy groups -OCH3 is 1. The van der Waals surface area contributed by atoms with Crippen LogP contribution in [0, 0.1) is 11.8 Å². The Kier molecular flexibility index (Phi) is 5.41. The lowest BCUT2D eigenvalue weighted by atomic mass is 10.0. The summed E-state index contributed by atoms with van der Waals surface area (Å²) in [6.07, 6.45) is 3.83. The SMILES string of the molecule is COc1nsc(CNCC(CO)CC2CC2)c1Br. The number of aliphatic hydroxyl groups is 1. The third-order valence-corrected chi connectivity index (χ3v) is 5.11. The third-order valence-electron chi connectivity index (χ3n) is 3.21. The maximum Gasteiger partial charge on any atom is 0.239 e. The molecule has 6 heteroatoms. The topological polar surface area (TPSA) is 54.4 Å². The number of hydrogen-bond acceptors (Lipinski definition) is 5. The van der Waals surface area contributed by atoms with E-state index in [1.54, 1.807) is 7.11 Å². The number of hydrogen-bond donors (Lipinski definition) is 2. The molecule has 1 fully saturated rings. The van der Waals surface area contributed by atoms with Gasteiger partial charge in [-0.05, 0) is 45.7 Å². The molecule has 18 heavy (non-hydrogen) atoms. The van der Waals surface area contributed by atoms with Crippen molar-refractivity contribution in [1.82, 2.24) is 9.69 Å². The summed E-state index contributed by atoms with van der Waals surface area (Å²) in [5, 5.41) is 12.7. The van der Waals surface area contributed by atoms with Crippen LogP contribution in [0.2, 0.25) is 0 Å². The first kappa shape index (κ1) is 14.2. The fourth-order valence-corrected chi connectivity index (χ4v) is 3.39. The van der Waals surface area contributed by atoms with Gasteiger partial charge >= 0.3 is 0 Å². The Bertz CT molecular complexity index is 382. The average molecular weight is 335 g/mol. The van der Waals surface area contributed by atoms with Crippen molar-refractivity contribution >= 4 is 27.5 Å². The second-order valence-corrected chi connectivity index (χ2v) is 6.44. The molecule has 0 aliphatic heterocycles. The zero-order valence-corrected chi connectivity index (χ0v) is 12.9. The summed E-state index contributed by atoms with van der Waals surface area (Å²) in [5.41, 5.74) is 0. The molecule has 1 heterocycles. The minimum absolute atomic E-state index is 0.274. The van der Waals surface area contributed by atoms with Gasteiger partial charge in [-0.25, -0.2) is 0 Å². The molecule has 102 valence electrons. The zero-order chi connectivity index (χ0) is 13.0. The van der Waals surface area contributed by atoms with E-state index >= 15 is 0 Å². The maximum atomic E-state index is 9.32. The van der Waals surface area contributed by atoms with Crippen molar-refractivity contribution in [2.24, 2.45) is 11.8 Å². The van der Waals surface area contributed by atoms with Crippen molar-refractivity contribution in [3.05, 3.63) is 9.35 Å². The molecule has 4 nitrogen and oxygen atoms in total. The second-order valence-electron chi connectivity index (χ2n) is 4.79. The Labute approximate surface area is 120 Å². The van der Waals surface area contributed by atoms with E-state index in [1.807, 2.05) is 0 Å². The predicted octanol–water partition coefficient (Wildman–Crippen LogP) is 2.41. The Morgan fingerprint density at radius 1 is 1.61 bits per heavy atom. The lowest BCUT2D eigenvalue weighted by Crippen LogP contribution is -2.25. The minimum Gasteiger partial charge on any atom is -0.480 e. The van der Waals surface area contributed by atoms with Gasteiger partial charge in [0.05, 0.1) is 16.5 Å². The fraction of sp³-hybridized carbons (Fsp3) is 0.750. The summed E-state index contributed by atoms with van der Waals surface area (Å²) in [5.74, 6) is 1.89. The summed E-state index contributed by atoms with van der Waals surface area (Å²) >= 11 is 4.92. The molecular formula is C12H19BrN2O2S. The monoisotopic (exact) mass is 334 g/mol. The van der Waals surface area contributed by atoms with Gasteiger partial charge in [-0.2, -0.15) is 4.37 Å². The van der Waals surface area contributed by atoms with Crippen LogP contribution in [-0.2, 0) is 6.54 Å². The van der Waals surface area contributed by atoms with Gasteiger partial charge in [-0.15, -0.1) is 0 Å². The number of halogens is 1. The molecule has 0 spiro atoms. The number of ether oxygens (including phenoxy) is 1. The van der Waals surface area contributed by atoms with Gasteiger partial charge in [0.25, 0.3) is 0 Å². The zero-order valence-electron chi connectivity index (χ0n) is 10.5. The molecule has 0 aromatic carbocycles. The number of nitrogens with one attached hydrogen (secondary N) is 1. The van der Waals surface area contributed by atoms with Crippen molar-refractivity contribution in [3.63, 3.8) is 0 Å². The van der Waals surface area contributed by atoms with E-state index in [1.165, 1.54) is 24.4 Å². The van der Waals surface area contributed by atoms with E-state index in [9.17, 15) is 5.11 Å². The summed E-state index contributed by atoms with van der Waals surface area (Å²) < 4.78 is 10.2. The first-order valence-corrected chi connectivity index (χ1v) is 7.80. The third kappa shape index (κ3) is 3.91. The largest absolute Gasteiger partial charge is 0.480 e. The van der Waals surface area contributed by atoms with Crippen LogP contribution >= 0.6 is 27.5 Å². The van der Waals surface area contributed by atoms with Gasteiger partial charge in [0.15, 0.2) is 0 Å². The fourth-order valence-electron chi connectivity index (χ4n) is 1.97. The highest BCUT2D eigenvalue weighted by Gasteiger charge is 2.25. The molecule has 0 bridgehead atoms. The normalized spacial score (nSPS) is 16.8. The van der Waals surface area contributed by atoms with Crippen molar-refractivity contribution in [1.29, 1.82) is 0 Å². The molecule has 0 amide bonds. The molecule has 1 aliphatic rings. The summed E-state index contributed by atoms with van der Waals surface area (Å²) in [6.45, 7) is 1.90. The molecule has 0 radical (unpaired) electrons. The molecule has 1 aromatic heterocycles. The predicted molar refractivity (Wildman–Crippen MR) is 76.0 cm³/mol. The Morgan fingerprint density at radius 3 is 2.94 bits per heavy atom. The summed E-state index contributed by atoms with van der Waals surface area (Å²) in [7, 11) is 1.62. The van der Waals surface area contributed by atoms with Crippen LogP contribution in [0.3, 0.4) is 0 Å². The first-order chi connectivity index (χ1) is 8.74. The smallest absolute Gasteiger partial charge is 0.239 e. The van der Waals surface area contributed by atoms with E-state index in [2.05, 4.69) is 25.6 Å². The van der Waals surface area contributed by atoms with E-state index in [-0.39, 0.29) is 6.61 Å². The molecule has 1 unspecified atom stereocenters. The van der Waals surface area contributed by atoms with Crippen LogP contribution in [0.15, 0.2) is 4.47 Å². The second kappa shape index (κ2) is 6.84. The Morgan fingerprint density at radius 2 is 2.39 bits per heavy atom. The van der Waals surface area contributed by atoms with Crippen LogP contribution in [0.1, 0.15) is 24.1 Å². The van der Waals surface area contributed by atoms with Gasteiger partial charge in [0, 0.05) is 19.7 Å². The molecule has 1 saturated carbocycles.